The van der Waals surface area contributed by atoms with Gasteiger partial charge >= 0.3 is 0 Å². The molecule has 1 aromatic heterocycles. The van der Waals surface area contributed by atoms with E-state index in [4.69, 9.17) is 4.42 Å². The Balaban J connectivity index is 1.83. The lowest BCUT2D eigenvalue weighted by Gasteiger charge is -2.34. The highest BCUT2D eigenvalue weighted by atomic mass is 16.3. The molecule has 32 heavy (non-hydrogen) atoms. The van der Waals surface area contributed by atoms with Crippen molar-refractivity contribution in [2.45, 2.75) is 38.8 Å². The molecule has 3 aliphatic rings. The number of nitrogens with zero attached hydrogens (tertiary/aromatic N) is 2. The fraction of sp³-hybridized carbons (Fsp3) is 0.308. The number of fused-ring (bicyclic) bond motifs is 3. The zero-order valence-electron chi connectivity index (χ0n) is 18.0. The van der Waals surface area contributed by atoms with Gasteiger partial charge in [-0.15, -0.1) is 0 Å². The second-order valence-electron chi connectivity index (χ2n) is 9.57. The minimum Gasteiger partial charge on any atom is -0.469 e. The van der Waals surface area contributed by atoms with E-state index < -0.39 is 28.8 Å². The molecule has 6 heteroatoms. The van der Waals surface area contributed by atoms with E-state index in [0.29, 0.717) is 22.5 Å². The van der Waals surface area contributed by atoms with E-state index in [-0.39, 0.29) is 17.3 Å². The van der Waals surface area contributed by atoms with E-state index in [1.807, 2.05) is 20.8 Å². The second kappa shape index (κ2) is 6.64. The molecule has 3 heterocycles. The molecule has 160 valence electrons. The predicted molar refractivity (Wildman–Crippen MR) is 116 cm³/mol. The number of ketones is 3. The van der Waals surface area contributed by atoms with Crippen molar-refractivity contribution in [3.63, 3.8) is 0 Å². The van der Waals surface area contributed by atoms with Crippen LogP contribution in [-0.2, 0) is 4.79 Å². The number of carbonyl (C=O) groups is 3. The Hall–Kier alpha value is -3.72. The molecule has 3 atom stereocenters. The average molecular weight is 426 g/mol. The van der Waals surface area contributed by atoms with E-state index in [1.165, 1.54) is 6.26 Å². The van der Waals surface area contributed by atoms with Crippen molar-refractivity contribution >= 4 is 17.3 Å². The molecule has 0 N–H and O–H groups in total. The molecule has 0 radical (unpaired) electrons. The van der Waals surface area contributed by atoms with Crippen LogP contribution < -0.4 is 0 Å². The van der Waals surface area contributed by atoms with Gasteiger partial charge in [0.05, 0.1) is 29.8 Å². The topological polar surface area (TPSA) is 91.4 Å². The summed E-state index contributed by atoms with van der Waals surface area (Å²) in [5.41, 5.74) is -1.22. The third-order valence-corrected chi connectivity index (χ3v) is 6.82. The molecule has 1 aromatic carbocycles. The fourth-order valence-corrected chi connectivity index (χ4v) is 5.45. The van der Waals surface area contributed by atoms with Crippen LogP contribution in [0, 0.1) is 22.2 Å². The lowest BCUT2D eigenvalue weighted by Crippen LogP contribution is -2.47. The van der Waals surface area contributed by atoms with Gasteiger partial charge in [-0.2, -0.15) is 5.26 Å². The lowest BCUT2D eigenvalue weighted by molar-refractivity contribution is -0.130. The maximum Gasteiger partial charge on any atom is 0.180 e. The molecular weight excluding hydrogens is 404 g/mol. The van der Waals surface area contributed by atoms with Crippen LogP contribution >= 0.6 is 0 Å². The van der Waals surface area contributed by atoms with Gasteiger partial charge in [-0.05, 0) is 18.2 Å². The molecule has 1 aliphatic carbocycles. The molecule has 1 saturated heterocycles. The van der Waals surface area contributed by atoms with Gasteiger partial charge in [-0.3, -0.25) is 14.4 Å². The third kappa shape index (κ3) is 2.42. The lowest BCUT2D eigenvalue weighted by atomic mass is 9.65. The summed E-state index contributed by atoms with van der Waals surface area (Å²) < 4.78 is 5.76. The van der Waals surface area contributed by atoms with Gasteiger partial charge in [0.2, 0.25) is 0 Å². The van der Waals surface area contributed by atoms with Crippen molar-refractivity contribution < 1.29 is 18.8 Å². The number of allylic oxidation sites excluding steroid dienone is 2. The number of furan rings is 1. The van der Waals surface area contributed by atoms with Crippen LogP contribution in [0.5, 0.6) is 0 Å². The zero-order valence-corrected chi connectivity index (χ0v) is 18.0. The quantitative estimate of drug-likeness (QED) is 0.672. The zero-order chi connectivity index (χ0) is 22.8. The van der Waals surface area contributed by atoms with Gasteiger partial charge in [0.15, 0.2) is 17.3 Å². The first kappa shape index (κ1) is 20.2. The van der Waals surface area contributed by atoms with Crippen LogP contribution in [0.1, 0.15) is 53.2 Å². The van der Waals surface area contributed by atoms with Crippen LogP contribution in [0.4, 0.5) is 0 Å². The van der Waals surface area contributed by atoms with Gasteiger partial charge in [-0.1, -0.05) is 51.1 Å². The van der Waals surface area contributed by atoms with Crippen LogP contribution in [0.3, 0.4) is 0 Å². The summed E-state index contributed by atoms with van der Waals surface area (Å²) in [5.74, 6) is -1.16. The third-order valence-electron chi connectivity index (χ3n) is 6.82. The van der Waals surface area contributed by atoms with Crippen molar-refractivity contribution in [2.24, 2.45) is 10.8 Å². The highest BCUT2D eigenvalue weighted by Gasteiger charge is 2.72. The van der Waals surface area contributed by atoms with Crippen molar-refractivity contribution in [1.29, 1.82) is 5.26 Å². The van der Waals surface area contributed by atoms with Gasteiger partial charge in [0.1, 0.15) is 17.2 Å². The molecule has 2 aromatic rings. The van der Waals surface area contributed by atoms with Gasteiger partial charge in [0, 0.05) is 22.7 Å². The highest BCUT2D eigenvalue weighted by Crippen LogP contribution is 2.59. The summed E-state index contributed by atoms with van der Waals surface area (Å²) >= 11 is 0. The molecule has 0 amide bonds. The van der Waals surface area contributed by atoms with Crippen LogP contribution in [-0.4, -0.2) is 34.3 Å². The first-order valence-corrected chi connectivity index (χ1v) is 10.6. The van der Waals surface area contributed by atoms with E-state index >= 15 is 0 Å². The summed E-state index contributed by atoms with van der Waals surface area (Å²) in [4.78, 5) is 43.6. The fourth-order valence-electron chi connectivity index (χ4n) is 5.45. The van der Waals surface area contributed by atoms with Crippen LogP contribution in [0.15, 0.2) is 71.0 Å². The molecule has 1 spiro atoms. The van der Waals surface area contributed by atoms with Gasteiger partial charge < -0.3 is 9.32 Å². The van der Waals surface area contributed by atoms with Crippen LogP contribution in [0.2, 0.25) is 0 Å². The Morgan fingerprint density at radius 2 is 1.75 bits per heavy atom. The molecule has 6 nitrogen and oxygen atoms in total. The number of nitriles is 1. The number of carbonyl (C=O) groups excluding carboxylic acids is 3. The van der Waals surface area contributed by atoms with Crippen molar-refractivity contribution in [3.05, 3.63) is 83.5 Å². The molecule has 5 rings (SSSR count). The number of benzene rings is 1. The molecule has 0 unspecified atom stereocenters. The maximum absolute atomic E-state index is 14.0. The maximum atomic E-state index is 14.0. The smallest absolute Gasteiger partial charge is 0.180 e. The first-order chi connectivity index (χ1) is 15.2. The van der Waals surface area contributed by atoms with Crippen molar-refractivity contribution in [1.82, 2.24) is 4.90 Å². The minimum absolute atomic E-state index is 0.124. The van der Waals surface area contributed by atoms with Crippen molar-refractivity contribution in [2.75, 3.05) is 0 Å². The number of rotatable bonds is 2. The summed E-state index contributed by atoms with van der Waals surface area (Å²) in [6, 6.07) is 10.8. The Kier molecular flexibility index (Phi) is 4.19. The first-order valence-electron chi connectivity index (χ1n) is 10.6. The second-order valence-corrected chi connectivity index (χ2v) is 9.57. The molecule has 2 aliphatic heterocycles. The average Bonchev–Trinajstić information content (AvgIpc) is 3.45. The Morgan fingerprint density at radius 3 is 2.28 bits per heavy atom. The highest BCUT2D eigenvalue weighted by molar-refractivity contribution is 6.31. The number of hydrogen-bond donors (Lipinski definition) is 0. The Labute approximate surface area is 185 Å². The van der Waals surface area contributed by atoms with Gasteiger partial charge in [-0.25, -0.2) is 0 Å². The number of Topliss-reactive ketones (excluding diaryl/α,β-unsaturated/α-hetero) is 3. The standard InChI is InChI=1S/C26H22N2O4/c1-25(2,3)24(31)21-20(18-9-6-12-32-18)26(19-11-10-15(13-27)14-28(19)21)22(29)16-7-4-5-8-17(16)23(26)30/h4-12,14,19-21H,1-3H3/t19-,20+,21+/m1/s1. The Morgan fingerprint density at radius 1 is 1.09 bits per heavy atom. The van der Waals surface area contributed by atoms with E-state index in [9.17, 15) is 19.6 Å². The summed E-state index contributed by atoms with van der Waals surface area (Å²) in [6.45, 7) is 5.45. The predicted octanol–water partition coefficient (Wildman–Crippen LogP) is 4.07. The molecule has 0 bridgehead atoms. The van der Waals surface area contributed by atoms with Crippen molar-refractivity contribution in [3.8, 4) is 6.07 Å². The monoisotopic (exact) mass is 426 g/mol. The van der Waals surface area contributed by atoms with Crippen LogP contribution in [0.25, 0.3) is 0 Å². The summed E-state index contributed by atoms with van der Waals surface area (Å²) in [6.07, 6.45) is 6.43. The minimum atomic E-state index is -1.55. The Bertz CT molecular complexity index is 1220. The SMILES string of the molecule is CC(C)(C)C(=O)[C@@H]1[C@H](c2ccco2)C2(C(=O)c3ccccc3C2=O)[C@H]2C=CC(C#N)=CN12. The molecule has 1 fully saturated rings. The number of hydrogen-bond acceptors (Lipinski definition) is 6. The van der Waals surface area contributed by atoms with Gasteiger partial charge in [0.25, 0.3) is 0 Å². The summed E-state index contributed by atoms with van der Waals surface area (Å²) in [5, 5.41) is 9.51. The molecule has 0 saturated carbocycles. The van der Waals surface area contributed by atoms with E-state index in [2.05, 4.69) is 6.07 Å². The van der Waals surface area contributed by atoms with E-state index in [0.717, 1.165) is 0 Å². The molecular formula is C26H22N2O4. The summed E-state index contributed by atoms with van der Waals surface area (Å²) in [7, 11) is 0. The largest absolute Gasteiger partial charge is 0.469 e. The van der Waals surface area contributed by atoms with E-state index in [1.54, 1.807) is 59.7 Å². The normalized spacial score (nSPS) is 25.5.